The van der Waals surface area contributed by atoms with Crippen LogP contribution in [0.4, 0.5) is 0 Å². The van der Waals surface area contributed by atoms with Gasteiger partial charge in [0.05, 0.1) is 6.61 Å². The number of nitrogens with one attached hydrogen (secondary N) is 1. The van der Waals surface area contributed by atoms with Gasteiger partial charge in [-0.3, -0.25) is 0 Å². The summed E-state index contributed by atoms with van der Waals surface area (Å²) in [6.07, 6.45) is 9.16. The largest absolute Gasteiger partial charge is 0.386 e. The van der Waals surface area contributed by atoms with Crippen LogP contribution in [0, 0.1) is 11.8 Å². The number of rotatable bonds is 4. The third-order valence-electron chi connectivity index (χ3n) is 4.81. The first-order valence-corrected chi connectivity index (χ1v) is 7.29. The van der Waals surface area contributed by atoms with Crippen molar-refractivity contribution in [1.82, 2.24) is 5.32 Å². The van der Waals surface area contributed by atoms with Gasteiger partial charge in [-0.15, -0.1) is 0 Å². The molecule has 2 aliphatic carbocycles. The van der Waals surface area contributed by atoms with Gasteiger partial charge in [0, 0.05) is 25.6 Å². The first-order chi connectivity index (χ1) is 8.25. The highest BCUT2D eigenvalue weighted by molar-refractivity contribution is 4.90. The Morgan fingerprint density at radius 2 is 2.06 bits per heavy atom. The van der Waals surface area contributed by atoms with Crippen molar-refractivity contribution in [3.05, 3.63) is 0 Å². The van der Waals surface area contributed by atoms with Crippen molar-refractivity contribution in [2.75, 3.05) is 19.8 Å². The molecular formula is C14H25NO2. The van der Waals surface area contributed by atoms with E-state index in [2.05, 4.69) is 5.32 Å². The fraction of sp³-hybridized carbons (Fsp3) is 1.00. The monoisotopic (exact) mass is 239 g/mol. The maximum Gasteiger partial charge on any atom is 0.102 e. The van der Waals surface area contributed by atoms with E-state index in [4.69, 9.17) is 4.74 Å². The molecule has 1 heterocycles. The predicted octanol–water partition coefficient (Wildman–Crippen LogP) is 1.70. The molecule has 3 atom stereocenters. The summed E-state index contributed by atoms with van der Waals surface area (Å²) in [5, 5.41) is 13.8. The van der Waals surface area contributed by atoms with E-state index in [1.807, 2.05) is 0 Å². The van der Waals surface area contributed by atoms with E-state index in [1.165, 1.54) is 38.5 Å². The Hall–Kier alpha value is -0.120. The second-order valence-corrected chi connectivity index (χ2v) is 6.37. The molecular weight excluding hydrogens is 214 g/mol. The number of ether oxygens (including phenoxy) is 1. The molecule has 1 aliphatic heterocycles. The van der Waals surface area contributed by atoms with Crippen LogP contribution in [0.15, 0.2) is 0 Å². The molecule has 0 spiro atoms. The first kappa shape index (κ1) is 11.9. The molecule has 3 aliphatic rings. The molecule has 3 rings (SSSR count). The summed E-state index contributed by atoms with van der Waals surface area (Å²) >= 11 is 0. The molecule has 3 fully saturated rings. The van der Waals surface area contributed by atoms with Crippen molar-refractivity contribution in [3.8, 4) is 0 Å². The highest BCUT2D eigenvalue weighted by Crippen LogP contribution is 2.43. The van der Waals surface area contributed by atoms with Crippen LogP contribution in [0.5, 0.6) is 0 Å². The minimum absolute atomic E-state index is 0.513. The van der Waals surface area contributed by atoms with Crippen LogP contribution in [0.1, 0.15) is 44.9 Å². The van der Waals surface area contributed by atoms with Crippen molar-refractivity contribution < 1.29 is 9.84 Å². The van der Waals surface area contributed by atoms with E-state index in [1.54, 1.807) is 0 Å². The van der Waals surface area contributed by atoms with Crippen LogP contribution < -0.4 is 5.32 Å². The third-order valence-corrected chi connectivity index (χ3v) is 4.81. The van der Waals surface area contributed by atoms with E-state index >= 15 is 0 Å². The molecule has 0 aromatic rings. The Labute approximate surface area is 104 Å². The van der Waals surface area contributed by atoms with E-state index in [0.29, 0.717) is 19.3 Å². The minimum Gasteiger partial charge on any atom is -0.386 e. The molecule has 0 radical (unpaired) electrons. The molecule has 3 heteroatoms. The lowest BCUT2D eigenvalue weighted by Crippen LogP contribution is -2.46. The van der Waals surface area contributed by atoms with Gasteiger partial charge in [-0.2, -0.15) is 0 Å². The van der Waals surface area contributed by atoms with E-state index < -0.39 is 5.60 Å². The van der Waals surface area contributed by atoms with Gasteiger partial charge < -0.3 is 15.2 Å². The van der Waals surface area contributed by atoms with Crippen molar-refractivity contribution in [3.63, 3.8) is 0 Å². The van der Waals surface area contributed by atoms with Gasteiger partial charge in [-0.1, -0.05) is 12.8 Å². The molecule has 3 nitrogen and oxygen atoms in total. The maximum absolute atomic E-state index is 10.2. The Morgan fingerprint density at radius 3 is 2.76 bits per heavy atom. The van der Waals surface area contributed by atoms with Crippen molar-refractivity contribution in [2.24, 2.45) is 11.8 Å². The van der Waals surface area contributed by atoms with Crippen molar-refractivity contribution in [2.45, 2.75) is 56.6 Å². The van der Waals surface area contributed by atoms with Crippen LogP contribution in [0.25, 0.3) is 0 Å². The highest BCUT2D eigenvalue weighted by Gasteiger charge is 2.36. The maximum atomic E-state index is 10.2. The van der Waals surface area contributed by atoms with Crippen LogP contribution in [0.3, 0.4) is 0 Å². The average molecular weight is 239 g/mol. The standard InChI is InChI=1S/C14H25NO2/c16-14(6-7-17-10-14)9-15-13-3-1-2-12(8-13)11-4-5-11/h11-13,15-16H,1-10H2. The normalized spacial score (nSPS) is 42.9. The highest BCUT2D eigenvalue weighted by atomic mass is 16.5. The molecule has 1 saturated heterocycles. The Bertz CT molecular complexity index is 259. The van der Waals surface area contributed by atoms with Crippen LogP contribution in [0.2, 0.25) is 0 Å². The molecule has 17 heavy (non-hydrogen) atoms. The summed E-state index contributed by atoms with van der Waals surface area (Å²) in [5.41, 5.74) is -0.591. The summed E-state index contributed by atoms with van der Waals surface area (Å²) in [6.45, 7) is 1.95. The topological polar surface area (TPSA) is 41.5 Å². The van der Waals surface area contributed by atoms with Crippen molar-refractivity contribution >= 4 is 0 Å². The van der Waals surface area contributed by atoms with Crippen molar-refractivity contribution in [1.29, 1.82) is 0 Å². The van der Waals surface area contributed by atoms with Crippen LogP contribution >= 0.6 is 0 Å². The number of aliphatic hydroxyl groups is 1. The summed E-state index contributed by atoms with van der Waals surface area (Å²) in [7, 11) is 0. The van der Waals surface area contributed by atoms with Gasteiger partial charge in [-0.05, 0) is 37.5 Å². The Kier molecular flexibility index (Phi) is 3.42. The van der Waals surface area contributed by atoms with Crippen LogP contribution in [-0.4, -0.2) is 36.5 Å². The molecule has 0 aromatic carbocycles. The van der Waals surface area contributed by atoms with Gasteiger partial charge in [0.2, 0.25) is 0 Å². The fourth-order valence-electron chi connectivity index (χ4n) is 3.48. The van der Waals surface area contributed by atoms with Crippen LogP contribution in [-0.2, 0) is 4.74 Å². The number of hydrogen-bond donors (Lipinski definition) is 2. The third kappa shape index (κ3) is 3.01. The minimum atomic E-state index is -0.591. The number of hydrogen-bond acceptors (Lipinski definition) is 3. The summed E-state index contributed by atoms with van der Waals surface area (Å²) in [6, 6.07) is 0.638. The molecule has 2 saturated carbocycles. The zero-order valence-electron chi connectivity index (χ0n) is 10.7. The van der Waals surface area contributed by atoms with E-state index in [0.717, 1.165) is 24.8 Å². The predicted molar refractivity (Wildman–Crippen MR) is 66.9 cm³/mol. The van der Waals surface area contributed by atoms with Gasteiger partial charge in [0.1, 0.15) is 5.60 Å². The van der Waals surface area contributed by atoms with Gasteiger partial charge in [-0.25, -0.2) is 0 Å². The lowest BCUT2D eigenvalue weighted by Gasteiger charge is -2.32. The zero-order chi connectivity index (χ0) is 11.7. The molecule has 3 unspecified atom stereocenters. The second kappa shape index (κ2) is 4.87. The average Bonchev–Trinajstić information content (AvgIpc) is 3.11. The van der Waals surface area contributed by atoms with Gasteiger partial charge >= 0.3 is 0 Å². The molecule has 0 aromatic heterocycles. The SMILES string of the molecule is OC1(CNC2CCCC(C3CC3)C2)CCOC1. The first-order valence-electron chi connectivity index (χ1n) is 7.29. The summed E-state index contributed by atoms with van der Waals surface area (Å²) in [4.78, 5) is 0. The Morgan fingerprint density at radius 1 is 1.18 bits per heavy atom. The molecule has 98 valence electrons. The van der Waals surface area contributed by atoms with Gasteiger partial charge in [0.25, 0.3) is 0 Å². The lowest BCUT2D eigenvalue weighted by atomic mass is 9.82. The van der Waals surface area contributed by atoms with Gasteiger partial charge in [0.15, 0.2) is 0 Å². The zero-order valence-corrected chi connectivity index (χ0v) is 10.7. The quantitative estimate of drug-likeness (QED) is 0.784. The van der Waals surface area contributed by atoms with E-state index in [9.17, 15) is 5.11 Å². The molecule has 2 N–H and O–H groups in total. The Balaban J connectivity index is 1.44. The lowest BCUT2D eigenvalue weighted by molar-refractivity contribution is 0.0228. The second-order valence-electron chi connectivity index (χ2n) is 6.37. The fourth-order valence-corrected chi connectivity index (χ4v) is 3.48. The molecule has 0 amide bonds. The summed E-state index contributed by atoms with van der Waals surface area (Å²) < 4.78 is 5.28. The summed E-state index contributed by atoms with van der Waals surface area (Å²) in [5.74, 6) is 2.01. The smallest absolute Gasteiger partial charge is 0.102 e. The molecule has 0 bridgehead atoms. The van der Waals surface area contributed by atoms with E-state index in [-0.39, 0.29) is 0 Å².